The molecule has 0 N–H and O–H groups in total. The lowest BCUT2D eigenvalue weighted by molar-refractivity contribution is 0.801. The van der Waals surface area contributed by atoms with Crippen LogP contribution in [-0.2, 0) is 0 Å². The molecule has 0 bridgehead atoms. The number of para-hydroxylation sites is 1. The Labute approximate surface area is 85.4 Å². The number of hydrogen-bond acceptors (Lipinski definition) is 1. The Kier molecular flexibility index (Phi) is 4.47. The number of thiocarbonyl (C=S) groups is 1. The van der Waals surface area contributed by atoms with Crippen LogP contribution in [0.5, 0.6) is 0 Å². The average Bonchev–Trinajstić information content (AvgIpc) is 2.21. The summed E-state index contributed by atoms with van der Waals surface area (Å²) < 4.78 is 0. The predicted octanol–water partition coefficient (Wildman–Crippen LogP) is 3.25. The van der Waals surface area contributed by atoms with Crippen molar-refractivity contribution in [2.45, 2.75) is 19.8 Å². The maximum Gasteiger partial charge on any atom is 0.0685 e. The molecule has 0 heterocycles. The fourth-order valence-corrected chi connectivity index (χ4v) is 1.42. The molecule has 0 aromatic heterocycles. The van der Waals surface area contributed by atoms with Gasteiger partial charge < -0.3 is 4.90 Å². The summed E-state index contributed by atoms with van der Waals surface area (Å²) in [6.45, 7) is 3.20. The Morgan fingerprint density at radius 3 is 2.54 bits per heavy atom. The van der Waals surface area contributed by atoms with Gasteiger partial charge in [0.15, 0.2) is 0 Å². The Hall–Kier alpha value is -0.890. The lowest BCUT2D eigenvalue weighted by Crippen LogP contribution is -2.20. The van der Waals surface area contributed by atoms with Crippen LogP contribution in [0.1, 0.15) is 19.8 Å². The zero-order valence-electron chi connectivity index (χ0n) is 7.94. The van der Waals surface area contributed by atoms with Crippen molar-refractivity contribution >= 4 is 23.4 Å². The first kappa shape index (κ1) is 10.2. The molecule has 0 saturated heterocycles. The highest BCUT2D eigenvalue weighted by Gasteiger charge is 1.99. The maximum atomic E-state index is 4.97. The van der Waals surface area contributed by atoms with E-state index < -0.39 is 0 Å². The number of anilines is 1. The Bertz CT molecular complexity index is 246. The Morgan fingerprint density at radius 2 is 2.00 bits per heavy atom. The van der Waals surface area contributed by atoms with Gasteiger partial charge in [-0.2, -0.15) is 0 Å². The van der Waals surface area contributed by atoms with Gasteiger partial charge in [0.2, 0.25) is 0 Å². The van der Waals surface area contributed by atoms with Crippen LogP contribution >= 0.6 is 12.2 Å². The number of nitrogens with zero attached hydrogens (tertiary/aromatic N) is 1. The van der Waals surface area contributed by atoms with Gasteiger partial charge in [-0.15, -0.1) is 0 Å². The highest BCUT2D eigenvalue weighted by atomic mass is 32.1. The number of hydrogen-bond donors (Lipinski definition) is 0. The molecule has 0 spiro atoms. The number of unbranched alkanes of at least 4 members (excludes halogenated alkanes) is 1. The zero-order chi connectivity index (χ0) is 9.52. The van der Waals surface area contributed by atoms with Gasteiger partial charge >= 0.3 is 0 Å². The summed E-state index contributed by atoms with van der Waals surface area (Å²) in [7, 11) is 0. The van der Waals surface area contributed by atoms with Crippen molar-refractivity contribution in [1.29, 1.82) is 0 Å². The van der Waals surface area contributed by atoms with Crippen molar-refractivity contribution in [2.75, 3.05) is 11.4 Å². The van der Waals surface area contributed by atoms with E-state index in [1.165, 1.54) is 18.5 Å². The molecular formula is C11H15NS. The summed E-state index contributed by atoms with van der Waals surface area (Å²) in [5.74, 6) is 0. The summed E-state index contributed by atoms with van der Waals surface area (Å²) in [6.07, 6.45) is 2.38. The second kappa shape index (κ2) is 5.70. The molecule has 13 heavy (non-hydrogen) atoms. The van der Waals surface area contributed by atoms with Gasteiger partial charge in [0.1, 0.15) is 0 Å². The fourth-order valence-electron chi connectivity index (χ4n) is 1.19. The van der Waals surface area contributed by atoms with Crippen LogP contribution in [0.4, 0.5) is 5.69 Å². The monoisotopic (exact) mass is 193 g/mol. The molecule has 0 aliphatic heterocycles. The van der Waals surface area contributed by atoms with Crippen LogP contribution in [0.2, 0.25) is 0 Å². The van der Waals surface area contributed by atoms with Crippen molar-refractivity contribution in [1.82, 2.24) is 0 Å². The lowest BCUT2D eigenvalue weighted by Gasteiger charge is -2.18. The van der Waals surface area contributed by atoms with E-state index in [2.05, 4.69) is 24.0 Å². The first-order valence-electron chi connectivity index (χ1n) is 4.65. The van der Waals surface area contributed by atoms with Crippen molar-refractivity contribution in [3.05, 3.63) is 30.3 Å². The average molecular weight is 193 g/mol. The highest BCUT2D eigenvalue weighted by Crippen LogP contribution is 2.11. The molecule has 0 saturated carbocycles. The van der Waals surface area contributed by atoms with Crippen LogP contribution in [0.3, 0.4) is 0 Å². The third-order valence-corrected chi connectivity index (χ3v) is 2.22. The molecule has 1 aromatic rings. The van der Waals surface area contributed by atoms with Crippen LogP contribution in [0, 0.1) is 0 Å². The minimum Gasteiger partial charge on any atom is -0.339 e. The standard InChI is InChI=1S/C11H15NS/c1-2-3-9-12(10-13)11-7-5-4-6-8-11/h4-8,10H,2-3,9H2,1H3. The van der Waals surface area contributed by atoms with Gasteiger partial charge in [-0.1, -0.05) is 43.8 Å². The van der Waals surface area contributed by atoms with Crippen LogP contribution in [0.15, 0.2) is 30.3 Å². The third-order valence-electron chi connectivity index (χ3n) is 1.97. The van der Waals surface area contributed by atoms with Crippen LogP contribution in [0.25, 0.3) is 0 Å². The van der Waals surface area contributed by atoms with Crippen LogP contribution < -0.4 is 4.90 Å². The minimum atomic E-state index is 1.02. The van der Waals surface area contributed by atoms with E-state index in [1.807, 2.05) is 18.2 Å². The van der Waals surface area contributed by atoms with E-state index >= 15 is 0 Å². The molecule has 1 rings (SSSR count). The smallest absolute Gasteiger partial charge is 0.0685 e. The van der Waals surface area contributed by atoms with E-state index in [-0.39, 0.29) is 0 Å². The Morgan fingerprint density at radius 1 is 1.31 bits per heavy atom. The number of benzene rings is 1. The first-order valence-corrected chi connectivity index (χ1v) is 5.12. The highest BCUT2D eigenvalue weighted by molar-refractivity contribution is 7.79. The van der Waals surface area contributed by atoms with Gasteiger partial charge in [0.05, 0.1) is 5.49 Å². The van der Waals surface area contributed by atoms with Crippen molar-refractivity contribution in [3.63, 3.8) is 0 Å². The van der Waals surface area contributed by atoms with E-state index in [1.54, 1.807) is 5.49 Å². The predicted molar refractivity (Wildman–Crippen MR) is 62.4 cm³/mol. The van der Waals surface area contributed by atoms with Gasteiger partial charge in [0.25, 0.3) is 0 Å². The third kappa shape index (κ3) is 3.15. The molecule has 0 fully saturated rings. The quantitative estimate of drug-likeness (QED) is 0.660. The molecule has 70 valence electrons. The molecule has 1 aromatic carbocycles. The zero-order valence-corrected chi connectivity index (χ0v) is 8.76. The summed E-state index contributed by atoms with van der Waals surface area (Å²) in [5.41, 5.74) is 2.91. The number of rotatable bonds is 5. The Balaban J connectivity index is 2.61. The van der Waals surface area contributed by atoms with E-state index in [0.29, 0.717) is 0 Å². The molecule has 0 atom stereocenters. The van der Waals surface area contributed by atoms with E-state index in [0.717, 1.165) is 6.54 Å². The summed E-state index contributed by atoms with van der Waals surface area (Å²) in [5, 5.41) is 0. The van der Waals surface area contributed by atoms with Crippen molar-refractivity contribution in [2.24, 2.45) is 0 Å². The molecule has 0 radical (unpaired) electrons. The molecular weight excluding hydrogens is 178 g/mol. The lowest BCUT2D eigenvalue weighted by atomic mass is 10.2. The van der Waals surface area contributed by atoms with Gasteiger partial charge in [-0.25, -0.2) is 0 Å². The second-order valence-corrected chi connectivity index (χ2v) is 3.20. The van der Waals surface area contributed by atoms with Crippen LogP contribution in [-0.4, -0.2) is 12.0 Å². The molecule has 0 unspecified atom stereocenters. The SMILES string of the molecule is CCCCN(C=S)c1ccccc1. The largest absolute Gasteiger partial charge is 0.339 e. The van der Waals surface area contributed by atoms with Crippen molar-refractivity contribution < 1.29 is 0 Å². The first-order chi connectivity index (χ1) is 6.38. The molecule has 0 aliphatic carbocycles. The summed E-state index contributed by atoms with van der Waals surface area (Å²) >= 11 is 4.97. The molecule has 0 aliphatic rings. The van der Waals surface area contributed by atoms with E-state index in [4.69, 9.17) is 12.2 Å². The summed E-state index contributed by atoms with van der Waals surface area (Å²) in [4.78, 5) is 2.11. The summed E-state index contributed by atoms with van der Waals surface area (Å²) in [6, 6.07) is 10.3. The van der Waals surface area contributed by atoms with E-state index in [9.17, 15) is 0 Å². The second-order valence-electron chi connectivity index (χ2n) is 2.99. The minimum absolute atomic E-state index is 1.02. The van der Waals surface area contributed by atoms with Crippen molar-refractivity contribution in [3.8, 4) is 0 Å². The molecule has 0 amide bonds. The fraction of sp³-hybridized carbons (Fsp3) is 0.364. The molecule has 2 heteroatoms. The van der Waals surface area contributed by atoms with Gasteiger partial charge in [0, 0.05) is 12.2 Å². The van der Waals surface area contributed by atoms with Gasteiger partial charge in [-0.3, -0.25) is 0 Å². The molecule has 1 nitrogen and oxygen atoms in total. The topological polar surface area (TPSA) is 3.24 Å². The maximum absolute atomic E-state index is 4.97. The van der Waals surface area contributed by atoms with Gasteiger partial charge in [-0.05, 0) is 18.6 Å². The normalized spacial score (nSPS) is 9.62.